The third-order valence-electron chi connectivity index (χ3n) is 4.78. The summed E-state index contributed by atoms with van der Waals surface area (Å²) in [5.74, 6) is 1.75. The zero-order valence-electron chi connectivity index (χ0n) is 13.8. The van der Waals surface area contributed by atoms with Crippen molar-refractivity contribution in [3.63, 3.8) is 0 Å². The normalized spacial score (nSPS) is 23.9. The largest absolute Gasteiger partial charge is 0.394 e. The topological polar surface area (TPSA) is 73.8 Å². The van der Waals surface area contributed by atoms with E-state index in [-0.39, 0.29) is 12.6 Å². The van der Waals surface area contributed by atoms with Crippen LogP contribution in [-0.2, 0) is 4.74 Å². The standard InChI is InChI=1S/C16H27N5O2/c1-13(20-5-7-23-8-6-20)10-17-15-9-16(19-12-18-15)21-4-2-3-14(21)11-22/h9,12-14,22H,2-8,10-11H2,1H3,(H,17,18,19)/t13-,14+/m1/s1. The lowest BCUT2D eigenvalue weighted by Crippen LogP contribution is -2.45. The van der Waals surface area contributed by atoms with Crippen molar-refractivity contribution in [2.24, 2.45) is 0 Å². The van der Waals surface area contributed by atoms with Crippen molar-refractivity contribution in [1.82, 2.24) is 14.9 Å². The van der Waals surface area contributed by atoms with Crippen LogP contribution in [0.15, 0.2) is 12.4 Å². The molecule has 0 aliphatic carbocycles. The van der Waals surface area contributed by atoms with E-state index in [4.69, 9.17) is 4.74 Å². The van der Waals surface area contributed by atoms with Crippen LogP contribution in [0.25, 0.3) is 0 Å². The molecule has 23 heavy (non-hydrogen) atoms. The van der Waals surface area contributed by atoms with Crippen LogP contribution in [0.1, 0.15) is 19.8 Å². The van der Waals surface area contributed by atoms with Crippen LogP contribution in [0, 0.1) is 0 Å². The summed E-state index contributed by atoms with van der Waals surface area (Å²) in [5, 5.41) is 12.9. The molecule has 1 aromatic heterocycles. The third-order valence-corrected chi connectivity index (χ3v) is 4.78. The minimum Gasteiger partial charge on any atom is -0.394 e. The van der Waals surface area contributed by atoms with Crippen LogP contribution < -0.4 is 10.2 Å². The minimum atomic E-state index is 0.181. The van der Waals surface area contributed by atoms with Crippen LogP contribution >= 0.6 is 0 Å². The Labute approximate surface area is 137 Å². The van der Waals surface area contributed by atoms with Gasteiger partial charge in [0.2, 0.25) is 0 Å². The molecule has 2 atom stereocenters. The number of nitrogens with zero attached hydrogens (tertiary/aromatic N) is 4. The number of aliphatic hydroxyl groups is 1. The maximum absolute atomic E-state index is 9.47. The van der Waals surface area contributed by atoms with Crippen LogP contribution in [-0.4, -0.2) is 78.1 Å². The van der Waals surface area contributed by atoms with E-state index >= 15 is 0 Å². The van der Waals surface area contributed by atoms with Crippen LogP contribution in [0.3, 0.4) is 0 Å². The van der Waals surface area contributed by atoms with Gasteiger partial charge in [-0.2, -0.15) is 0 Å². The van der Waals surface area contributed by atoms with Crippen LogP contribution in [0.5, 0.6) is 0 Å². The molecule has 2 N–H and O–H groups in total. The molecule has 0 aromatic carbocycles. The van der Waals surface area contributed by atoms with E-state index in [0.29, 0.717) is 6.04 Å². The molecule has 3 heterocycles. The Hall–Kier alpha value is -1.44. The monoisotopic (exact) mass is 321 g/mol. The molecule has 0 unspecified atom stereocenters. The number of rotatable bonds is 6. The molecular weight excluding hydrogens is 294 g/mol. The number of ether oxygens (including phenoxy) is 1. The highest BCUT2D eigenvalue weighted by atomic mass is 16.5. The van der Waals surface area contributed by atoms with Crippen LogP contribution in [0.4, 0.5) is 11.6 Å². The molecule has 7 heteroatoms. The van der Waals surface area contributed by atoms with Crippen molar-refractivity contribution >= 4 is 11.6 Å². The van der Waals surface area contributed by atoms with Gasteiger partial charge in [-0.25, -0.2) is 9.97 Å². The Bertz CT molecular complexity index is 495. The molecule has 0 spiro atoms. The molecule has 1 aromatic rings. The summed E-state index contributed by atoms with van der Waals surface area (Å²) in [5.41, 5.74) is 0. The average molecular weight is 321 g/mol. The van der Waals surface area contributed by atoms with E-state index in [2.05, 4.69) is 32.0 Å². The molecule has 7 nitrogen and oxygen atoms in total. The van der Waals surface area contributed by atoms with Gasteiger partial charge < -0.3 is 20.1 Å². The fourth-order valence-corrected chi connectivity index (χ4v) is 3.33. The van der Waals surface area contributed by atoms with Crippen molar-refractivity contribution in [1.29, 1.82) is 0 Å². The van der Waals surface area contributed by atoms with Crippen molar-refractivity contribution in [2.45, 2.75) is 31.8 Å². The molecule has 2 aliphatic heterocycles. The Morgan fingerprint density at radius 2 is 2.17 bits per heavy atom. The van der Waals surface area contributed by atoms with E-state index in [1.807, 2.05) is 6.07 Å². The first-order chi connectivity index (χ1) is 11.3. The predicted octanol–water partition coefficient (Wildman–Crippen LogP) is 0.570. The Balaban J connectivity index is 1.57. The summed E-state index contributed by atoms with van der Waals surface area (Å²) in [6.07, 6.45) is 3.73. The number of aliphatic hydroxyl groups excluding tert-OH is 1. The van der Waals surface area contributed by atoms with Gasteiger partial charge in [0, 0.05) is 38.3 Å². The number of morpholine rings is 1. The number of anilines is 2. The summed E-state index contributed by atoms with van der Waals surface area (Å²) in [7, 11) is 0. The molecular formula is C16H27N5O2. The maximum Gasteiger partial charge on any atom is 0.134 e. The number of nitrogens with one attached hydrogen (secondary N) is 1. The average Bonchev–Trinajstić information content (AvgIpc) is 3.09. The number of hydrogen-bond donors (Lipinski definition) is 2. The van der Waals surface area contributed by atoms with Gasteiger partial charge in [-0.1, -0.05) is 0 Å². The zero-order chi connectivity index (χ0) is 16.1. The molecule has 0 amide bonds. The highest BCUT2D eigenvalue weighted by molar-refractivity contribution is 5.49. The summed E-state index contributed by atoms with van der Waals surface area (Å²) < 4.78 is 5.40. The fourth-order valence-electron chi connectivity index (χ4n) is 3.33. The Kier molecular flexibility index (Phi) is 5.64. The third kappa shape index (κ3) is 4.10. The maximum atomic E-state index is 9.47. The summed E-state index contributed by atoms with van der Waals surface area (Å²) >= 11 is 0. The van der Waals surface area contributed by atoms with Gasteiger partial charge in [0.25, 0.3) is 0 Å². The van der Waals surface area contributed by atoms with E-state index in [9.17, 15) is 5.11 Å². The first-order valence-electron chi connectivity index (χ1n) is 8.53. The molecule has 2 saturated heterocycles. The number of hydrogen-bond acceptors (Lipinski definition) is 7. The molecule has 0 saturated carbocycles. The van der Waals surface area contributed by atoms with E-state index < -0.39 is 0 Å². The van der Waals surface area contributed by atoms with Crippen molar-refractivity contribution in [3.8, 4) is 0 Å². The van der Waals surface area contributed by atoms with E-state index in [0.717, 1.165) is 63.9 Å². The predicted molar refractivity (Wildman–Crippen MR) is 89.8 cm³/mol. The fraction of sp³-hybridized carbons (Fsp3) is 0.750. The smallest absolute Gasteiger partial charge is 0.134 e. The molecule has 3 rings (SSSR count). The Morgan fingerprint density at radius 1 is 1.35 bits per heavy atom. The SMILES string of the molecule is C[C@H](CNc1cc(N2CCC[C@H]2CO)ncn1)N1CCOCC1. The summed E-state index contributed by atoms with van der Waals surface area (Å²) in [6, 6.07) is 2.61. The van der Waals surface area contributed by atoms with Crippen molar-refractivity contribution in [3.05, 3.63) is 12.4 Å². The van der Waals surface area contributed by atoms with Gasteiger partial charge in [-0.05, 0) is 19.8 Å². The first kappa shape index (κ1) is 16.4. The lowest BCUT2D eigenvalue weighted by molar-refractivity contribution is 0.0227. The molecule has 0 radical (unpaired) electrons. The van der Waals surface area contributed by atoms with Gasteiger partial charge in [-0.3, -0.25) is 4.90 Å². The molecule has 2 fully saturated rings. The highest BCUT2D eigenvalue weighted by Gasteiger charge is 2.25. The quantitative estimate of drug-likeness (QED) is 0.793. The first-order valence-corrected chi connectivity index (χ1v) is 8.53. The van der Waals surface area contributed by atoms with Gasteiger partial charge in [0.1, 0.15) is 18.0 Å². The van der Waals surface area contributed by atoms with Gasteiger partial charge in [0.15, 0.2) is 0 Å². The second-order valence-corrected chi connectivity index (χ2v) is 6.31. The second-order valence-electron chi connectivity index (χ2n) is 6.31. The van der Waals surface area contributed by atoms with E-state index in [1.54, 1.807) is 6.33 Å². The number of aromatic nitrogens is 2. The lowest BCUT2D eigenvalue weighted by Gasteiger charge is -2.32. The molecule has 128 valence electrons. The minimum absolute atomic E-state index is 0.181. The molecule has 0 bridgehead atoms. The van der Waals surface area contributed by atoms with E-state index in [1.165, 1.54) is 0 Å². The second kappa shape index (κ2) is 7.90. The molecule has 2 aliphatic rings. The Morgan fingerprint density at radius 3 is 2.96 bits per heavy atom. The van der Waals surface area contributed by atoms with Gasteiger partial charge >= 0.3 is 0 Å². The summed E-state index contributed by atoms with van der Waals surface area (Å²) in [6.45, 7) is 7.82. The van der Waals surface area contributed by atoms with Gasteiger partial charge in [-0.15, -0.1) is 0 Å². The van der Waals surface area contributed by atoms with Crippen LogP contribution in [0.2, 0.25) is 0 Å². The van der Waals surface area contributed by atoms with Gasteiger partial charge in [0.05, 0.1) is 25.9 Å². The lowest BCUT2D eigenvalue weighted by atomic mass is 10.2. The van der Waals surface area contributed by atoms with Crippen molar-refractivity contribution in [2.75, 3.05) is 56.2 Å². The summed E-state index contributed by atoms with van der Waals surface area (Å²) in [4.78, 5) is 13.3. The zero-order valence-corrected chi connectivity index (χ0v) is 13.8. The van der Waals surface area contributed by atoms with Crippen molar-refractivity contribution < 1.29 is 9.84 Å². The highest BCUT2D eigenvalue weighted by Crippen LogP contribution is 2.24.